The van der Waals surface area contributed by atoms with Crippen LogP contribution in [0.25, 0.3) is 11.1 Å². The highest BCUT2D eigenvalue weighted by Crippen LogP contribution is 2.25. The van der Waals surface area contributed by atoms with E-state index in [4.69, 9.17) is 14.2 Å². The van der Waals surface area contributed by atoms with Gasteiger partial charge in [-0.15, -0.1) is 0 Å². The maximum Gasteiger partial charge on any atom is 0.343 e. The zero-order valence-electron chi connectivity index (χ0n) is 22.7. The zero-order valence-corrected chi connectivity index (χ0v) is 22.7. The minimum Gasteiger partial charge on any atom is -0.494 e. The molecule has 0 aromatic heterocycles. The van der Waals surface area contributed by atoms with Crippen LogP contribution in [-0.2, 0) is 4.74 Å². The van der Waals surface area contributed by atoms with Crippen molar-refractivity contribution < 1.29 is 19.0 Å². The number of ether oxygens (including phenoxy) is 3. The van der Waals surface area contributed by atoms with Crippen LogP contribution in [0.5, 0.6) is 11.5 Å². The van der Waals surface area contributed by atoms with Crippen LogP contribution in [0.1, 0.15) is 94.2 Å². The van der Waals surface area contributed by atoms with Crippen molar-refractivity contribution >= 4 is 5.97 Å². The zero-order chi connectivity index (χ0) is 26.3. The SMILES string of the molecule is CCCCCCOc1ccc(-c2ccc(C(=O)Oc3ccc(C(C)OCCCCCC)cc3)cc2)cc1. The van der Waals surface area contributed by atoms with Gasteiger partial charge in [0.1, 0.15) is 11.5 Å². The summed E-state index contributed by atoms with van der Waals surface area (Å²) >= 11 is 0. The van der Waals surface area contributed by atoms with E-state index in [9.17, 15) is 4.79 Å². The minimum atomic E-state index is -0.369. The van der Waals surface area contributed by atoms with Gasteiger partial charge in [-0.25, -0.2) is 4.79 Å². The largest absolute Gasteiger partial charge is 0.494 e. The number of esters is 1. The summed E-state index contributed by atoms with van der Waals surface area (Å²) < 4.78 is 17.4. The lowest BCUT2D eigenvalue weighted by Gasteiger charge is -2.14. The Balaban J connectivity index is 1.47. The number of carbonyl (C=O) groups excluding carboxylic acids is 1. The van der Waals surface area contributed by atoms with Gasteiger partial charge in [-0.1, -0.05) is 88.8 Å². The van der Waals surface area contributed by atoms with Gasteiger partial charge in [-0.05, 0) is 72.9 Å². The molecule has 3 aromatic carbocycles. The summed E-state index contributed by atoms with van der Waals surface area (Å²) in [5, 5.41) is 0. The number of benzene rings is 3. The maximum atomic E-state index is 12.7. The molecular weight excluding hydrogens is 460 g/mol. The van der Waals surface area contributed by atoms with Gasteiger partial charge >= 0.3 is 5.97 Å². The first-order chi connectivity index (χ1) is 18.1. The molecule has 4 nitrogen and oxygen atoms in total. The Morgan fingerprint density at radius 1 is 0.649 bits per heavy atom. The lowest BCUT2D eigenvalue weighted by molar-refractivity contribution is 0.0627. The third kappa shape index (κ3) is 9.70. The maximum absolute atomic E-state index is 12.7. The van der Waals surface area contributed by atoms with Crippen LogP contribution in [0.3, 0.4) is 0 Å². The second-order valence-electron chi connectivity index (χ2n) is 9.54. The summed E-state index contributed by atoms with van der Waals surface area (Å²) in [5.74, 6) is 1.05. The van der Waals surface area contributed by atoms with E-state index in [0.29, 0.717) is 11.3 Å². The van der Waals surface area contributed by atoms with E-state index in [-0.39, 0.29) is 12.1 Å². The molecule has 0 bridgehead atoms. The summed E-state index contributed by atoms with van der Waals surface area (Å²) in [6.45, 7) is 7.99. The van der Waals surface area contributed by atoms with Gasteiger partial charge < -0.3 is 14.2 Å². The fourth-order valence-electron chi connectivity index (χ4n) is 4.12. The first kappa shape index (κ1) is 28.5. The first-order valence-corrected chi connectivity index (χ1v) is 13.9. The molecule has 1 atom stereocenters. The molecule has 0 aliphatic carbocycles. The summed E-state index contributed by atoms with van der Waals surface area (Å²) in [7, 11) is 0. The lowest BCUT2D eigenvalue weighted by atomic mass is 10.0. The molecule has 0 saturated heterocycles. The summed E-state index contributed by atoms with van der Waals surface area (Å²) in [6, 6.07) is 23.2. The third-order valence-electron chi connectivity index (χ3n) is 6.50. The minimum absolute atomic E-state index is 0.0188. The molecule has 0 aliphatic heterocycles. The van der Waals surface area contributed by atoms with Crippen LogP contribution in [-0.4, -0.2) is 19.2 Å². The topological polar surface area (TPSA) is 44.8 Å². The van der Waals surface area contributed by atoms with Crippen molar-refractivity contribution in [2.24, 2.45) is 0 Å². The molecule has 0 spiro atoms. The average molecular weight is 503 g/mol. The quantitative estimate of drug-likeness (QED) is 0.111. The molecule has 198 valence electrons. The molecule has 0 saturated carbocycles. The second kappa shape index (κ2) is 15.9. The van der Waals surface area contributed by atoms with Crippen molar-refractivity contribution in [2.75, 3.05) is 13.2 Å². The van der Waals surface area contributed by atoms with Crippen LogP contribution in [0.2, 0.25) is 0 Å². The van der Waals surface area contributed by atoms with Crippen LogP contribution in [0.15, 0.2) is 72.8 Å². The lowest BCUT2D eigenvalue weighted by Crippen LogP contribution is -2.08. The Bertz CT molecular complexity index is 1040. The second-order valence-corrected chi connectivity index (χ2v) is 9.54. The Kier molecular flexibility index (Phi) is 12.2. The monoisotopic (exact) mass is 502 g/mol. The van der Waals surface area contributed by atoms with Crippen molar-refractivity contribution in [2.45, 2.75) is 78.2 Å². The van der Waals surface area contributed by atoms with Crippen molar-refractivity contribution in [3.63, 3.8) is 0 Å². The van der Waals surface area contributed by atoms with Crippen LogP contribution < -0.4 is 9.47 Å². The fraction of sp³-hybridized carbons (Fsp3) is 0.424. The molecule has 3 aromatic rings. The number of carbonyl (C=O) groups is 1. The van der Waals surface area contributed by atoms with Gasteiger partial charge in [-0.2, -0.15) is 0 Å². The van der Waals surface area contributed by atoms with Gasteiger partial charge in [-0.3, -0.25) is 0 Å². The molecule has 37 heavy (non-hydrogen) atoms. The predicted octanol–water partition coefficient (Wildman–Crippen LogP) is 9.19. The molecule has 4 heteroatoms. The van der Waals surface area contributed by atoms with E-state index >= 15 is 0 Å². The molecule has 3 rings (SSSR count). The van der Waals surface area contributed by atoms with E-state index in [0.717, 1.165) is 48.5 Å². The molecule has 1 unspecified atom stereocenters. The fourth-order valence-corrected chi connectivity index (χ4v) is 4.12. The van der Waals surface area contributed by atoms with E-state index in [1.807, 2.05) is 60.7 Å². The summed E-state index contributed by atoms with van der Waals surface area (Å²) in [4.78, 5) is 12.7. The number of rotatable bonds is 16. The first-order valence-electron chi connectivity index (χ1n) is 13.9. The Hall–Kier alpha value is -3.11. The van der Waals surface area contributed by atoms with Gasteiger partial charge in [0, 0.05) is 6.61 Å². The van der Waals surface area contributed by atoms with E-state index in [1.54, 1.807) is 12.1 Å². The van der Waals surface area contributed by atoms with Crippen molar-refractivity contribution in [1.29, 1.82) is 0 Å². The normalized spacial score (nSPS) is 11.8. The number of hydrogen-bond donors (Lipinski definition) is 0. The standard InChI is InChI=1S/C33H42O4/c1-4-6-8-10-24-35-26(3)27-16-22-32(23-17-27)37-33(34)30-14-12-28(13-15-30)29-18-20-31(21-19-29)36-25-11-9-7-5-2/h12-23,26H,4-11,24-25H2,1-3H3. The van der Waals surface area contributed by atoms with Gasteiger partial charge in [0.15, 0.2) is 0 Å². The predicted molar refractivity (Wildman–Crippen MR) is 151 cm³/mol. The third-order valence-corrected chi connectivity index (χ3v) is 6.50. The van der Waals surface area contributed by atoms with Gasteiger partial charge in [0.2, 0.25) is 0 Å². The van der Waals surface area contributed by atoms with Crippen LogP contribution in [0, 0.1) is 0 Å². The Morgan fingerprint density at radius 3 is 1.78 bits per heavy atom. The molecule has 0 N–H and O–H groups in total. The Morgan fingerprint density at radius 2 is 1.19 bits per heavy atom. The van der Waals surface area contributed by atoms with E-state index in [2.05, 4.69) is 20.8 Å². The summed E-state index contributed by atoms with van der Waals surface area (Å²) in [6.07, 6.45) is 9.58. The Labute approximate surface area is 223 Å². The average Bonchev–Trinajstić information content (AvgIpc) is 2.93. The van der Waals surface area contributed by atoms with Gasteiger partial charge in [0.25, 0.3) is 0 Å². The smallest absolute Gasteiger partial charge is 0.343 e. The van der Waals surface area contributed by atoms with Crippen molar-refractivity contribution in [1.82, 2.24) is 0 Å². The molecule has 0 radical (unpaired) electrons. The number of hydrogen-bond acceptors (Lipinski definition) is 4. The highest BCUT2D eigenvalue weighted by Gasteiger charge is 2.11. The summed E-state index contributed by atoms with van der Waals surface area (Å²) in [5.41, 5.74) is 3.71. The molecule has 0 fully saturated rings. The van der Waals surface area contributed by atoms with Crippen LogP contribution >= 0.6 is 0 Å². The molecule has 0 heterocycles. The van der Waals surface area contributed by atoms with Crippen molar-refractivity contribution in [3.8, 4) is 22.6 Å². The van der Waals surface area contributed by atoms with E-state index in [1.165, 1.54) is 38.5 Å². The van der Waals surface area contributed by atoms with Crippen molar-refractivity contribution in [3.05, 3.63) is 83.9 Å². The molecule has 0 amide bonds. The number of unbranched alkanes of at least 4 members (excludes halogenated alkanes) is 6. The van der Waals surface area contributed by atoms with Gasteiger partial charge in [0.05, 0.1) is 18.3 Å². The van der Waals surface area contributed by atoms with E-state index < -0.39 is 0 Å². The van der Waals surface area contributed by atoms with Crippen LogP contribution in [0.4, 0.5) is 0 Å². The molecule has 0 aliphatic rings. The highest BCUT2D eigenvalue weighted by molar-refractivity contribution is 5.91. The molecular formula is C33H42O4. The highest BCUT2D eigenvalue weighted by atomic mass is 16.5.